The van der Waals surface area contributed by atoms with Gasteiger partial charge in [0.05, 0.1) is 5.75 Å². The maximum atomic E-state index is 12.0. The van der Waals surface area contributed by atoms with Gasteiger partial charge in [0.1, 0.15) is 4.90 Å². The van der Waals surface area contributed by atoms with Crippen molar-refractivity contribution in [1.82, 2.24) is 4.57 Å². The van der Waals surface area contributed by atoms with Crippen molar-refractivity contribution in [3.63, 3.8) is 0 Å². The van der Waals surface area contributed by atoms with Crippen molar-refractivity contribution < 1.29 is 8.42 Å². The van der Waals surface area contributed by atoms with Gasteiger partial charge in [0.2, 0.25) is 0 Å². The molecule has 1 fully saturated rings. The van der Waals surface area contributed by atoms with E-state index >= 15 is 0 Å². The van der Waals surface area contributed by atoms with Gasteiger partial charge in [0.15, 0.2) is 9.84 Å². The SMILES string of the molecule is CCS(=O)(=O)c1cc(I)cn(C2CC2)c1=O. The number of nitrogens with zero attached hydrogens (tertiary/aromatic N) is 1. The van der Waals surface area contributed by atoms with Gasteiger partial charge in [0.25, 0.3) is 5.56 Å². The molecule has 1 aromatic rings. The molecule has 16 heavy (non-hydrogen) atoms. The van der Waals surface area contributed by atoms with E-state index in [-0.39, 0.29) is 22.2 Å². The van der Waals surface area contributed by atoms with E-state index in [0.717, 1.165) is 16.4 Å². The molecular formula is C10H12INO3S. The van der Waals surface area contributed by atoms with Gasteiger partial charge < -0.3 is 4.57 Å². The van der Waals surface area contributed by atoms with Crippen LogP contribution in [-0.2, 0) is 9.84 Å². The van der Waals surface area contributed by atoms with Crippen LogP contribution in [0.4, 0.5) is 0 Å². The monoisotopic (exact) mass is 353 g/mol. The summed E-state index contributed by atoms with van der Waals surface area (Å²) in [6.45, 7) is 1.55. The first-order valence-electron chi connectivity index (χ1n) is 5.10. The summed E-state index contributed by atoms with van der Waals surface area (Å²) < 4.78 is 25.9. The summed E-state index contributed by atoms with van der Waals surface area (Å²) in [5.74, 6) is -0.0347. The van der Waals surface area contributed by atoms with Crippen molar-refractivity contribution in [1.29, 1.82) is 0 Å². The van der Waals surface area contributed by atoms with Crippen LogP contribution in [0.5, 0.6) is 0 Å². The molecule has 88 valence electrons. The Morgan fingerprint density at radius 1 is 1.50 bits per heavy atom. The van der Waals surface area contributed by atoms with E-state index in [0.29, 0.717) is 0 Å². The Hall–Kier alpha value is -0.370. The van der Waals surface area contributed by atoms with Crippen LogP contribution < -0.4 is 5.56 Å². The van der Waals surface area contributed by atoms with Crippen molar-refractivity contribution in [2.75, 3.05) is 5.75 Å². The van der Waals surface area contributed by atoms with Crippen LogP contribution in [0.15, 0.2) is 22.0 Å². The Kier molecular flexibility index (Phi) is 3.13. The average molecular weight is 353 g/mol. The minimum atomic E-state index is -3.42. The molecule has 0 spiro atoms. The van der Waals surface area contributed by atoms with Crippen LogP contribution >= 0.6 is 22.6 Å². The van der Waals surface area contributed by atoms with E-state index < -0.39 is 9.84 Å². The molecule has 0 unspecified atom stereocenters. The summed E-state index contributed by atoms with van der Waals surface area (Å²) in [6.07, 6.45) is 3.66. The number of hydrogen-bond acceptors (Lipinski definition) is 3. The van der Waals surface area contributed by atoms with Gasteiger partial charge in [-0.3, -0.25) is 4.79 Å². The van der Waals surface area contributed by atoms with Gasteiger partial charge in [-0.15, -0.1) is 0 Å². The maximum absolute atomic E-state index is 12.0. The Balaban J connectivity index is 2.67. The highest BCUT2D eigenvalue weighted by atomic mass is 127. The molecule has 0 aromatic carbocycles. The topological polar surface area (TPSA) is 56.1 Å². The van der Waals surface area contributed by atoms with Crippen LogP contribution in [-0.4, -0.2) is 18.7 Å². The fourth-order valence-corrected chi connectivity index (χ4v) is 3.36. The number of hydrogen-bond donors (Lipinski definition) is 0. The number of halogens is 1. The van der Waals surface area contributed by atoms with Gasteiger partial charge in [-0.05, 0) is 41.5 Å². The van der Waals surface area contributed by atoms with Crippen molar-refractivity contribution in [3.05, 3.63) is 26.2 Å². The smallest absolute Gasteiger partial charge is 0.269 e. The third kappa shape index (κ3) is 2.17. The van der Waals surface area contributed by atoms with Crippen molar-refractivity contribution in [2.45, 2.75) is 30.7 Å². The molecule has 0 atom stereocenters. The second kappa shape index (κ2) is 4.14. The van der Waals surface area contributed by atoms with Gasteiger partial charge in [-0.1, -0.05) is 6.92 Å². The highest BCUT2D eigenvalue weighted by Gasteiger charge is 2.27. The van der Waals surface area contributed by atoms with Crippen LogP contribution in [0.3, 0.4) is 0 Å². The standard InChI is InChI=1S/C10H12INO3S/c1-2-16(14,15)9-5-7(11)6-12(10(9)13)8-3-4-8/h5-6,8H,2-4H2,1H3. The second-order valence-electron chi connectivity index (χ2n) is 3.87. The highest BCUT2D eigenvalue weighted by molar-refractivity contribution is 14.1. The molecule has 1 saturated carbocycles. The number of pyridine rings is 1. The molecule has 0 saturated heterocycles. The highest BCUT2D eigenvalue weighted by Crippen LogP contribution is 2.33. The quantitative estimate of drug-likeness (QED) is 0.776. The molecule has 0 bridgehead atoms. The Labute approximate surface area is 108 Å². The Morgan fingerprint density at radius 2 is 2.12 bits per heavy atom. The van der Waals surface area contributed by atoms with Gasteiger partial charge in [-0.25, -0.2) is 8.42 Å². The lowest BCUT2D eigenvalue weighted by Gasteiger charge is -2.07. The van der Waals surface area contributed by atoms with Gasteiger partial charge >= 0.3 is 0 Å². The largest absolute Gasteiger partial charge is 0.310 e. The van der Waals surface area contributed by atoms with Crippen LogP contribution in [0.1, 0.15) is 25.8 Å². The molecule has 1 heterocycles. The number of sulfone groups is 1. The Morgan fingerprint density at radius 3 is 2.62 bits per heavy atom. The molecule has 0 radical (unpaired) electrons. The molecule has 1 aromatic heterocycles. The lowest BCUT2D eigenvalue weighted by Crippen LogP contribution is -2.26. The van der Waals surface area contributed by atoms with Crippen LogP contribution in [0.25, 0.3) is 0 Å². The zero-order chi connectivity index (χ0) is 11.9. The summed E-state index contributed by atoms with van der Waals surface area (Å²) in [5, 5.41) is 0. The zero-order valence-electron chi connectivity index (χ0n) is 8.81. The normalized spacial score (nSPS) is 16.4. The third-order valence-electron chi connectivity index (χ3n) is 2.63. The number of rotatable bonds is 3. The van der Waals surface area contributed by atoms with Crippen molar-refractivity contribution in [3.8, 4) is 0 Å². The summed E-state index contributed by atoms with van der Waals surface area (Å²) in [6, 6.07) is 1.66. The fraction of sp³-hybridized carbons (Fsp3) is 0.500. The van der Waals surface area contributed by atoms with Gasteiger partial charge in [-0.2, -0.15) is 0 Å². The first kappa shape index (κ1) is 12.1. The molecular weight excluding hydrogens is 341 g/mol. The fourth-order valence-electron chi connectivity index (χ4n) is 1.55. The third-order valence-corrected chi connectivity index (χ3v) is 4.94. The van der Waals surface area contributed by atoms with Crippen molar-refractivity contribution in [2.24, 2.45) is 0 Å². The summed E-state index contributed by atoms with van der Waals surface area (Å²) in [4.78, 5) is 11.9. The molecule has 6 heteroatoms. The Bertz CT molecular complexity index is 572. The predicted molar refractivity (Wildman–Crippen MR) is 69.4 cm³/mol. The van der Waals surface area contributed by atoms with E-state index in [9.17, 15) is 13.2 Å². The van der Waals surface area contributed by atoms with Crippen molar-refractivity contribution >= 4 is 32.4 Å². The molecule has 2 rings (SSSR count). The summed E-state index contributed by atoms with van der Waals surface area (Å²) in [5.41, 5.74) is -0.371. The van der Waals surface area contributed by atoms with Crippen LogP contribution in [0.2, 0.25) is 0 Å². The van der Waals surface area contributed by atoms with E-state index in [1.165, 1.54) is 6.07 Å². The molecule has 0 N–H and O–H groups in total. The zero-order valence-corrected chi connectivity index (χ0v) is 11.8. The molecule has 1 aliphatic carbocycles. The lowest BCUT2D eigenvalue weighted by atomic mass is 10.4. The molecule has 0 aliphatic heterocycles. The molecule has 0 amide bonds. The summed E-state index contributed by atoms with van der Waals surface area (Å²) in [7, 11) is -3.42. The second-order valence-corrected chi connectivity index (χ2v) is 7.36. The molecule has 4 nitrogen and oxygen atoms in total. The minimum absolute atomic E-state index is 0.0347. The number of aromatic nitrogens is 1. The maximum Gasteiger partial charge on any atom is 0.269 e. The first-order valence-corrected chi connectivity index (χ1v) is 7.83. The van der Waals surface area contributed by atoms with E-state index in [1.807, 2.05) is 22.6 Å². The van der Waals surface area contributed by atoms with E-state index in [1.54, 1.807) is 17.7 Å². The summed E-state index contributed by atoms with van der Waals surface area (Å²) >= 11 is 2.04. The molecule has 1 aliphatic rings. The first-order chi connectivity index (χ1) is 7.45. The minimum Gasteiger partial charge on any atom is -0.310 e. The lowest BCUT2D eigenvalue weighted by molar-refractivity contribution is 0.591. The van der Waals surface area contributed by atoms with Gasteiger partial charge in [0, 0.05) is 15.8 Å². The van der Waals surface area contributed by atoms with Crippen LogP contribution in [0, 0.1) is 3.57 Å². The van der Waals surface area contributed by atoms with E-state index in [4.69, 9.17) is 0 Å². The predicted octanol–water partition coefficient (Wildman–Crippen LogP) is 1.58. The average Bonchev–Trinajstić information content (AvgIpc) is 3.04. The van der Waals surface area contributed by atoms with E-state index in [2.05, 4.69) is 0 Å².